The van der Waals surface area contributed by atoms with Gasteiger partial charge in [0, 0.05) is 19.0 Å². The molecule has 104 valence electrons. The number of nitrogens with zero attached hydrogens (tertiary/aromatic N) is 3. The molecule has 1 atom stereocenters. The minimum atomic E-state index is -0.149. The van der Waals surface area contributed by atoms with E-state index in [1.807, 2.05) is 20.8 Å². The SMILES string of the molecule is CC1CN(C(=O)c2nc(C(C)C)ncc2Cl)CCO1. The molecule has 1 aliphatic rings. The molecule has 1 aliphatic heterocycles. The van der Waals surface area contributed by atoms with Crippen LogP contribution in [0.5, 0.6) is 0 Å². The molecule has 1 fully saturated rings. The molecule has 0 radical (unpaired) electrons. The number of aromatic nitrogens is 2. The Bertz CT molecular complexity index is 479. The average molecular weight is 284 g/mol. The summed E-state index contributed by atoms with van der Waals surface area (Å²) in [6.07, 6.45) is 1.55. The lowest BCUT2D eigenvalue weighted by molar-refractivity contribution is -0.0126. The molecular formula is C13H18ClN3O2. The first-order valence-electron chi connectivity index (χ1n) is 6.42. The van der Waals surface area contributed by atoms with Crippen LogP contribution < -0.4 is 0 Å². The zero-order valence-corrected chi connectivity index (χ0v) is 12.1. The monoisotopic (exact) mass is 283 g/mol. The Balaban J connectivity index is 2.24. The molecule has 0 N–H and O–H groups in total. The van der Waals surface area contributed by atoms with E-state index >= 15 is 0 Å². The van der Waals surface area contributed by atoms with Crippen molar-refractivity contribution in [1.82, 2.24) is 14.9 Å². The van der Waals surface area contributed by atoms with E-state index in [9.17, 15) is 4.79 Å². The molecule has 2 rings (SSSR count). The van der Waals surface area contributed by atoms with Crippen LogP contribution in [-0.4, -0.2) is 46.6 Å². The number of amides is 1. The van der Waals surface area contributed by atoms with E-state index in [-0.39, 0.29) is 23.6 Å². The summed E-state index contributed by atoms with van der Waals surface area (Å²) < 4.78 is 5.43. The van der Waals surface area contributed by atoms with Crippen LogP contribution in [0.2, 0.25) is 5.02 Å². The van der Waals surface area contributed by atoms with Gasteiger partial charge in [-0.05, 0) is 6.92 Å². The van der Waals surface area contributed by atoms with E-state index in [0.717, 1.165) is 0 Å². The summed E-state index contributed by atoms with van der Waals surface area (Å²) in [5.74, 6) is 0.644. The molecular weight excluding hydrogens is 266 g/mol. The van der Waals surface area contributed by atoms with Crippen molar-refractivity contribution in [3.05, 3.63) is 22.7 Å². The van der Waals surface area contributed by atoms with Gasteiger partial charge in [0.1, 0.15) is 5.82 Å². The zero-order valence-electron chi connectivity index (χ0n) is 11.4. The summed E-state index contributed by atoms with van der Waals surface area (Å²) in [5, 5.41) is 0.300. The molecule has 1 saturated heterocycles. The van der Waals surface area contributed by atoms with Gasteiger partial charge < -0.3 is 9.64 Å². The maximum atomic E-state index is 12.4. The van der Waals surface area contributed by atoms with Crippen LogP contribution in [0.3, 0.4) is 0 Å². The second-order valence-corrected chi connectivity index (χ2v) is 5.42. The number of hydrogen-bond donors (Lipinski definition) is 0. The minimum Gasteiger partial charge on any atom is -0.375 e. The highest BCUT2D eigenvalue weighted by atomic mass is 35.5. The molecule has 5 nitrogen and oxygen atoms in total. The van der Waals surface area contributed by atoms with Crippen LogP contribution in [0.15, 0.2) is 6.20 Å². The van der Waals surface area contributed by atoms with Crippen LogP contribution in [0, 0.1) is 0 Å². The minimum absolute atomic E-state index is 0.0443. The van der Waals surface area contributed by atoms with Crippen LogP contribution in [-0.2, 0) is 4.74 Å². The fraction of sp³-hybridized carbons (Fsp3) is 0.615. The second-order valence-electron chi connectivity index (χ2n) is 5.01. The number of carbonyl (C=O) groups excluding carboxylic acids is 1. The van der Waals surface area contributed by atoms with Crippen molar-refractivity contribution in [1.29, 1.82) is 0 Å². The Labute approximate surface area is 117 Å². The molecule has 1 amide bonds. The molecule has 0 aliphatic carbocycles. The Morgan fingerprint density at radius 3 is 2.95 bits per heavy atom. The predicted octanol–water partition coefficient (Wildman–Crippen LogP) is 2.11. The maximum Gasteiger partial charge on any atom is 0.274 e. The predicted molar refractivity (Wildman–Crippen MR) is 72.4 cm³/mol. The quantitative estimate of drug-likeness (QED) is 0.834. The third-order valence-electron chi connectivity index (χ3n) is 3.01. The van der Waals surface area contributed by atoms with E-state index < -0.39 is 0 Å². The van der Waals surface area contributed by atoms with Crippen molar-refractivity contribution in [2.45, 2.75) is 32.8 Å². The smallest absolute Gasteiger partial charge is 0.274 e. The van der Waals surface area contributed by atoms with E-state index in [1.54, 1.807) is 4.90 Å². The van der Waals surface area contributed by atoms with Crippen molar-refractivity contribution < 1.29 is 9.53 Å². The Hall–Kier alpha value is -1.20. The molecule has 0 aromatic carbocycles. The molecule has 1 aromatic heterocycles. The fourth-order valence-corrected chi connectivity index (χ4v) is 2.13. The zero-order chi connectivity index (χ0) is 14.0. The fourth-order valence-electron chi connectivity index (χ4n) is 1.96. The van der Waals surface area contributed by atoms with Gasteiger partial charge in [-0.2, -0.15) is 0 Å². The number of ether oxygens (including phenoxy) is 1. The highest BCUT2D eigenvalue weighted by Crippen LogP contribution is 2.19. The Morgan fingerprint density at radius 2 is 2.32 bits per heavy atom. The molecule has 0 spiro atoms. The maximum absolute atomic E-state index is 12.4. The normalized spacial score (nSPS) is 19.8. The van der Waals surface area contributed by atoms with Crippen LogP contribution in [0.25, 0.3) is 0 Å². The first kappa shape index (κ1) is 14.2. The summed E-state index contributed by atoms with van der Waals surface area (Å²) in [4.78, 5) is 22.6. The van der Waals surface area contributed by atoms with Crippen molar-refractivity contribution in [3.8, 4) is 0 Å². The molecule has 6 heteroatoms. The van der Waals surface area contributed by atoms with Crippen molar-refractivity contribution in [3.63, 3.8) is 0 Å². The largest absolute Gasteiger partial charge is 0.375 e. The van der Waals surface area contributed by atoms with Gasteiger partial charge in [0.05, 0.1) is 23.9 Å². The summed E-state index contributed by atoms with van der Waals surface area (Å²) >= 11 is 6.05. The van der Waals surface area contributed by atoms with Crippen molar-refractivity contribution >= 4 is 17.5 Å². The summed E-state index contributed by atoms with van der Waals surface area (Å²) in [5.41, 5.74) is 0.287. The average Bonchev–Trinajstić information content (AvgIpc) is 2.38. The lowest BCUT2D eigenvalue weighted by atomic mass is 10.2. The summed E-state index contributed by atoms with van der Waals surface area (Å²) in [6, 6.07) is 0. The van der Waals surface area contributed by atoms with Crippen molar-refractivity contribution in [2.24, 2.45) is 0 Å². The molecule has 1 unspecified atom stereocenters. The van der Waals surface area contributed by atoms with E-state index in [2.05, 4.69) is 9.97 Å². The van der Waals surface area contributed by atoms with Crippen LogP contribution in [0.1, 0.15) is 43.0 Å². The lowest BCUT2D eigenvalue weighted by Crippen LogP contribution is -2.45. The first-order chi connectivity index (χ1) is 8.99. The molecule has 1 aromatic rings. The second kappa shape index (κ2) is 5.84. The topological polar surface area (TPSA) is 55.3 Å². The molecule has 0 saturated carbocycles. The Morgan fingerprint density at radius 1 is 1.58 bits per heavy atom. The molecule has 19 heavy (non-hydrogen) atoms. The highest BCUT2D eigenvalue weighted by Gasteiger charge is 2.25. The Kier molecular flexibility index (Phi) is 4.37. The van der Waals surface area contributed by atoms with Crippen molar-refractivity contribution in [2.75, 3.05) is 19.7 Å². The standard InChI is InChI=1S/C13H18ClN3O2/c1-8(2)12-15-6-10(14)11(16-12)13(18)17-4-5-19-9(3)7-17/h6,8-9H,4-5,7H2,1-3H3. The van der Waals surface area contributed by atoms with Gasteiger partial charge in [0.2, 0.25) is 0 Å². The number of halogens is 1. The van der Waals surface area contributed by atoms with Gasteiger partial charge >= 0.3 is 0 Å². The number of morpholine rings is 1. The van der Waals surface area contributed by atoms with Gasteiger partial charge in [-0.3, -0.25) is 4.79 Å². The summed E-state index contributed by atoms with van der Waals surface area (Å²) in [7, 11) is 0. The van der Waals surface area contributed by atoms with E-state index in [0.29, 0.717) is 30.5 Å². The third-order valence-corrected chi connectivity index (χ3v) is 3.29. The van der Waals surface area contributed by atoms with Gasteiger partial charge in [-0.1, -0.05) is 25.4 Å². The van der Waals surface area contributed by atoms with Gasteiger partial charge in [-0.15, -0.1) is 0 Å². The van der Waals surface area contributed by atoms with Crippen LogP contribution in [0.4, 0.5) is 0 Å². The molecule has 0 bridgehead atoms. The molecule has 2 heterocycles. The first-order valence-corrected chi connectivity index (χ1v) is 6.80. The van der Waals surface area contributed by atoms with E-state index in [1.165, 1.54) is 6.20 Å². The number of carbonyl (C=O) groups is 1. The van der Waals surface area contributed by atoms with Crippen LogP contribution >= 0.6 is 11.6 Å². The van der Waals surface area contributed by atoms with Gasteiger partial charge in [0.15, 0.2) is 5.69 Å². The number of hydrogen-bond acceptors (Lipinski definition) is 4. The summed E-state index contributed by atoms with van der Waals surface area (Å²) in [6.45, 7) is 7.59. The third kappa shape index (κ3) is 3.22. The van der Waals surface area contributed by atoms with E-state index in [4.69, 9.17) is 16.3 Å². The number of rotatable bonds is 2. The highest BCUT2D eigenvalue weighted by molar-refractivity contribution is 6.33. The lowest BCUT2D eigenvalue weighted by Gasteiger charge is -2.31. The van der Waals surface area contributed by atoms with Gasteiger partial charge in [0.25, 0.3) is 5.91 Å². The van der Waals surface area contributed by atoms with Gasteiger partial charge in [-0.25, -0.2) is 9.97 Å².